The standard InChI is InChI=1S/C12H10Br2F2N4/c1-2-17-12-18-5-7(14)11(20-12)19-10-3-6(13)8(15)4-9(10)16/h3-5H,2H2,1H3,(H2,17,18,19,20). The summed E-state index contributed by atoms with van der Waals surface area (Å²) in [6.07, 6.45) is 1.55. The van der Waals surface area contributed by atoms with Crippen LogP contribution in [-0.2, 0) is 0 Å². The van der Waals surface area contributed by atoms with Gasteiger partial charge >= 0.3 is 0 Å². The lowest BCUT2D eigenvalue weighted by Gasteiger charge is -2.11. The zero-order valence-corrected chi connectivity index (χ0v) is 13.5. The SMILES string of the molecule is CCNc1ncc(Br)c(Nc2cc(Br)c(F)cc2F)n1. The molecule has 0 radical (unpaired) electrons. The number of halogens is 4. The van der Waals surface area contributed by atoms with Crippen LogP contribution in [0, 0.1) is 11.6 Å². The first-order chi connectivity index (χ1) is 9.51. The molecule has 0 bridgehead atoms. The summed E-state index contributed by atoms with van der Waals surface area (Å²) >= 11 is 6.29. The predicted molar refractivity (Wildman–Crippen MR) is 81.2 cm³/mol. The van der Waals surface area contributed by atoms with Gasteiger partial charge in [-0.15, -0.1) is 0 Å². The molecule has 0 aliphatic heterocycles. The van der Waals surface area contributed by atoms with Crippen LogP contribution in [0.3, 0.4) is 0 Å². The Morgan fingerprint density at radius 1 is 1.15 bits per heavy atom. The van der Waals surface area contributed by atoms with E-state index in [0.29, 0.717) is 22.8 Å². The van der Waals surface area contributed by atoms with Gasteiger partial charge in [-0.25, -0.2) is 13.8 Å². The molecular weight excluding hydrogens is 398 g/mol. The van der Waals surface area contributed by atoms with E-state index < -0.39 is 11.6 Å². The zero-order chi connectivity index (χ0) is 14.7. The van der Waals surface area contributed by atoms with Crippen molar-refractivity contribution in [3.8, 4) is 0 Å². The van der Waals surface area contributed by atoms with Crippen LogP contribution in [0.1, 0.15) is 6.92 Å². The third-order valence-electron chi connectivity index (χ3n) is 2.34. The molecule has 0 saturated carbocycles. The molecule has 106 valence electrons. The molecule has 0 amide bonds. The Morgan fingerprint density at radius 3 is 2.60 bits per heavy atom. The second-order valence-corrected chi connectivity index (χ2v) is 5.50. The van der Waals surface area contributed by atoms with Crippen molar-refractivity contribution in [3.05, 3.63) is 38.9 Å². The highest BCUT2D eigenvalue weighted by Gasteiger charge is 2.11. The second kappa shape index (κ2) is 6.45. The fourth-order valence-electron chi connectivity index (χ4n) is 1.44. The molecular formula is C12H10Br2F2N4. The molecule has 0 saturated heterocycles. The van der Waals surface area contributed by atoms with Crippen LogP contribution >= 0.6 is 31.9 Å². The van der Waals surface area contributed by atoms with Gasteiger partial charge in [0.05, 0.1) is 14.6 Å². The number of hydrogen-bond acceptors (Lipinski definition) is 4. The van der Waals surface area contributed by atoms with E-state index in [4.69, 9.17) is 0 Å². The van der Waals surface area contributed by atoms with Crippen molar-refractivity contribution < 1.29 is 8.78 Å². The van der Waals surface area contributed by atoms with Gasteiger partial charge in [0.15, 0.2) is 0 Å². The zero-order valence-electron chi connectivity index (χ0n) is 10.3. The maximum absolute atomic E-state index is 13.7. The molecule has 2 aromatic rings. The lowest BCUT2D eigenvalue weighted by molar-refractivity contribution is 0.581. The molecule has 0 atom stereocenters. The first-order valence-corrected chi connectivity index (χ1v) is 7.27. The van der Waals surface area contributed by atoms with E-state index in [1.54, 1.807) is 6.20 Å². The third-order valence-corrected chi connectivity index (χ3v) is 3.53. The number of nitrogens with zero attached hydrogens (tertiary/aromatic N) is 2. The molecule has 0 aliphatic carbocycles. The van der Waals surface area contributed by atoms with Gasteiger partial charge < -0.3 is 10.6 Å². The lowest BCUT2D eigenvalue weighted by atomic mass is 10.3. The summed E-state index contributed by atoms with van der Waals surface area (Å²) < 4.78 is 27.6. The van der Waals surface area contributed by atoms with Gasteiger partial charge in [0.25, 0.3) is 0 Å². The summed E-state index contributed by atoms with van der Waals surface area (Å²) in [6.45, 7) is 2.58. The van der Waals surface area contributed by atoms with Crippen LogP contribution in [0.2, 0.25) is 0 Å². The van der Waals surface area contributed by atoms with Gasteiger partial charge in [-0.2, -0.15) is 4.98 Å². The van der Waals surface area contributed by atoms with E-state index in [-0.39, 0.29) is 10.2 Å². The van der Waals surface area contributed by atoms with E-state index in [0.717, 1.165) is 6.07 Å². The number of aromatic nitrogens is 2. The Bertz CT molecular complexity index is 637. The van der Waals surface area contributed by atoms with E-state index >= 15 is 0 Å². The summed E-state index contributed by atoms with van der Waals surface area (Å²) in [7, 11) is 0. The molecule has 1 heterocycles. The Kier molecular flexibility index (Phi) is 4.87. The fraction of sp³-hybridized carbons (Fsp3) is 0.167. The van der Waals surface area contributed by atoms with Crippen LogP contribution in [0.15, 0.2) is 27.3 Å². The van der Waals surface area contributed by atoms with Gasteiger partial charge in [-0.1, -0.05) is 0 Å². The normalized spacial score (nSPS) is 10.4. The Hall–Kier alpha value is -1.28. The van der Waals surface area contributed by atoms with E-state index in [2.05, 4.69) is 52.5 Å². The molecule has 1 aromatic heterocycles. The average molecular weight is 408 g/mol. The van der Waals surface area contributed by atoms with Crippen LogP contribution < -0.4 is 10.6 Å². The molecule has 0 fully saturated rings. The first-order valence-electron chi connectivity index (χ1n) is 5.69. The summed E-state index contributed by atoms with van der Waals surface area (Å²) in [5.41, 5.74) is 0.111. The quantitative estimate of drug-likeness (QED) is 0.735. The summed E-state index contributed by atoms with van der Waals surface area (Å²) in [6, 6.07) is 2.11. The number of benzene rings is 1. The van der Waals surface area contributed by atoms with Gasteiger partial charge in [-0.05, 0) is 44.8 Å². The summed E-state index contributed by atoms with van der Waals surface area (Å²) in [5, 5.41) is 5.75. The van der Waals surface area contributed by atoms with Gasteiger partial charge in [0, 0.05) is 18.8 Å². The van der Waals surface area contributed by atoms with Gasteiger partial charge in [-0.3, -0.25) is 0 Å². The van der Waals surface area contributed by atoms with Crippen molar-refractivity contribution in [3.63, 3.8) is 0 Å². The highest BCUT2D eigenvalue weighted by atomic mass is 79.9. The average Bonchev–Trinajstić information content (AvgIpc) is 2.40. The molecule has 2 rings (SSSR count). The number of rotatable bonds is 4. The van der Waals surface area contributed by atoms with E-state index in [1.807, 2.05) is 6.92 Å². The first kappa shape index (κ1) is 15.1. The van der Waals surface area contributed by atoms with Crippen molar-refractivity contribution in [2.45, 2.75) is 6.92 Å². The second-order valence-electron chi connectivity index (χ2n) is 3.79. The van der Waals surface area contributed by atoms with Crippen LogP contribution in [-0.4, -0.2) is 16.5 Å². The smallest absolute Gasteiger partial charge is 0.224 e. The molecule has 0 spiro atoms. The lowest BCUT2D eigenvalue weighted by Crippen LogP contribution is -2.05. The van der Waals surface area contributed by atoms with Crippen LogP contribution in [0.5, 0.6) is 0 Å². The van der Waals surface area contributed by atoms with Crippen LogP contribution in [0.4, 0.5) is 26.2 Å². The van der Waals surface area contributed by atoms with E-state index in [1.165, 1.54) is 6.07 Å². The molecule has 2 N–H and O–H groups in total. The Morgan fingerprint density at radius 2 is 1.90 bits per heavy atom. The Labute approximate surface area is 131 Å². The van der Waals surface area contributed by atoms with Crippen molar-refractivity contribution in [1.29, 1.82) is 0 Å². The predicted octanol–water partition coefficient (Wildman–Crippen LogP) is 4.46. The maximum atomic E-state index is 13.7. The van der Waals surface area contributed by atoms with Crippen molar-refractivity contribution in [2.75, 3.05) is 17.2 Å². The Balaban J connectivity index is 2.34. The van der Waals surface area contributed by atoms with Gasteiger partial charge in [0.2, 0.25) is 5.95 Å². The third kappa shape index (κ3) is 3.43. The van der Waals surface area contributed by atoms with Crippen molar-refractivity contribution in [1.82, 2.24) is 9.97 Å². The minimum atomic E-state index is -0.707. The summed E-state index contributed by atoms with van der Waals surface area (Å²) in [5.74, 6) is -0.572. The molecule has 20 heavy (non-hydrogen) atoms. The van der Waals surface area contributed by atoms with E-state index in [9.17, 15) is 8.78 Å². The molecule has 8 heteroatoms. The number of hydrogen-bond donors (Lipinski definition) is 2. The summed E-state index contributed by atoms with van der Waals surface area (Å²) in [4.78, 5) is 8.25. The highest BCUT2D eigenvalue weighted by Crippen LogP contribution is 2.29. The minimum Gasteiger partial charge on any atom is -0.354 e. The molecule has 4 nitrogen and oxygen atoms in total. The fourth-order valence-corrected chi connectivity index (χ4v) is 2.08. The monoisotopic (exact) mass is 406 g/mol. The van der Waals surface area contributed by atoms with Crippen molar-refractivity contribution in [2.24, 2.45) is 0 Å². The highest BCUT2D eigenvalue weighted by molar-refractivity contribution is 9.10. The number of nitrogens with one attached hydrogen (secondary N) is 2. The maximum Gasteiger partial charge on any atom is 0.224 e. The molecule has 0 unspecified atom stereocenters. The van der Waals surface area contributed by atoms with Crippen LogP contribution in [0.25, 0.3) is 0 Å². The van der Waals surface area contributed by atoms with Gasteiger partial charge in [0.1, 0.15) is 17.5 Å². The number of anilines is 3. The largest absolute Gasteiger partial charge is 0.354 e. The van der Waals surface area contributed by atoms with Crippen molar-refractivity contribution >= 4 is 49.3 Å². The molecule has 0 aliphatic rings. The molecule has 1 aromatic carbocycles. The minimum absolute atomic E-state index is 0.111. The topological polar surface area (TPSA) is 49.8 Å².